The molecule has 2 amide bonds. The normalized spacial score (nSPS) is 30.1. The van der Waals surface area contributed by atoms with E-state index in [0.717, 1.165) is 31.5 Å². The number of piperidine rings is 2. The molecule has 34 heavy (non-hydrogen) atoms. The molecule has 3 aliphatic heterocycles. The highest BCUT2D eigenvalue weighted by Gasteiger charge is 2.71. The van der Waals surface area contributed by atoms with Gasteiger partial charge in [-0.05, 0) is 41.7 Å². The number of fused-ring (bicyclic) bond motifs is 1. The summed E-state index contributed by atoms with van der Waals surface area (Å²) in [4.78, 5) is 31.7. The zero-order valence-corrected chi connectivity index (χ0v) is 20.6. The van der Waals surface area contributed by atoms with Gasteiger partial charge in [0.2, 0.25) is 11.8 Å². The Morgan fingerprint density at radius 2 is 1.65 bits per heavy atom. The fourth-order valence-electron chi connectivity index (χ4n) is 7.28. The number of likely N-dealkylation sites (tertiary alicyclic amines) is 1. The van der Waals surface area contributed by atoms with E-state index in [1.165, 1.54) is 5.56 Å². The zero-order valence-electron chi connectivity index (χ0n) is 20.6. The largest absolute Gasteiger partial charge is 0.350 e. The first kappa shape index (κ1) is 23.1. The van der Waals surface area contributed by atoms with E-state index < -0.39 is 5.54 Å². The van der Waals surface area contributed by atoms with E-state index in [0.29, 0.717) is 30.8 Å². The van der Waals surface area contributed by atoms with Crippen molar-refractivity contribution in [2.75, 3.05) is 13.1 Å². The highest BCUT2D eigenvalue weighted by Crippen LogP contribution is 2.58. The fraction of sp³-hybridized carbons (Fsp3) is 0.517. The molecule has 3 heterocycles. The lowest BCUT2D eigenvalue weighted by Gasteiger charge is -2.61. The van der Waals surface area contributed by atoms with Crippen LogP contribution in [0.3, 0.4) is 0 Å². The van der Waals surface area contributed by atoms with E-state index in [1.54, 1.807) is 6.92 Å². The molecule has 5 heteroatoms. The second-order valence-corrected chi connectivity index (χ2v) is 11.0. The SMILES string of the molecule is CC(=O)N1CC2CC3CN(Cc4ccccc4)C(C2CC(C)C)C31C(=O)NCc1ccccc1. The first-order valence-electron chi connectivity index (χ1n) is 12.8. The van der Waals surface area contributed by atoms with Crippen LogP contribution >= 0.6 is 0 Å². The summed E-state index contributed by atoms with van der Waals surface area (Å²) < 4.78 is 0. The Kier molecular flexibility index (Phi) is 6.24. The van der Waals surface area contributed by atoms with Gasteiger partial charge in [0, 0.05) is 45.1 Å². The summed E-state index contributed by atoms with van der Waals surface area (Å²) in [6, 6.07) is 20.7. The lowest BCUT2D eigenvalue weighted by Crippen LogP contribution is -2.77. The topological polar surface area (TPSA) is 52.7 Å². The molecule has 0 aromatic heterocycles. The van der Waals surface area contributed by atoms with Crippen molar-refractivity contribution in [2.45, 2.75) is 58.3 Å². The second-order valence-electron chi connectivity index (χ2n) is 11.0. The Morgan fingerprint density at radius 1 is 1.00 bits per heavy atom. The molecule has 2 aromatic rings. The van der Waals surface area contributed by atoms with Crippen molar-refractivity contribution in [3.63, 3.8) is 0 Å². The van der Waals surface area contributed by atoms with E-state index in [2.05, 4.69) is 48.3 Å². The standard InChI is InChI=1S/C29H37N3O2/c1-20(2)14-26-24-15-25-19-31(17-23-12-8-5-9-13-23)27(26)29(25,32(18-24)21(3)33)28(34)30-16-22-10-6-4-7-11-22/h4-13,20,24-27H,14-19H2,1-3H3,(H,30,34). The summed E-state index contributed by atoms with van der Waals surface area (Å²) in [5.74, 6) is 1.66. The van der Waals surface area contributed by atoms with E-state index in [-0.39, 0.29) is 23.8 Å². The maximum absolute atomic E-state index is 14.2. The quantitative estimate of drug-likeness (QED) is 0.679. The van der Waals surface area contributed by atoms with Gasteiger partial charge in [-0.2, -0.15) is 0 Å². The molecule has 5 atom stereocenters. The second kappa shape index (κ2) is 9.18. The van der Waals surface area contributed by atoms with Gasteiger partial charge in [-0.15, -0.1) is 0 Å². The lowest BCUT2D eigenvalue weighted by atomic mass is 9.56. The van der Waals surface area contributed by atoms with Crippen LogP contribution in [-0.4, -0.2) is 46.3 Å². The third kappa shape index (κ3) is 3.84. The average Bonchev–Trinajstić information content (AvgIpc) is 3.09. The molecular formula is C29H37N3O2. The highest BCUT2D eigenvalue weighted by molar-refractivity contribution is 5.93. The van der Waals surface area contributed by atoms with Gasteiger partial charge in [0.05, 0.1) is 0 Å². The molecule has 0 spiro atoms. The first-order valence-corrected chi connectivity index (χ1v) is 12.8. The number of benzene rings is 2. The maximum atomic E-state index is 14.2. The summed E-state index contributed by atoms with van der Waals surface area (Å²) in [5.41, 5.74) is 1.56. The molecule has 4 bridgehead atoms. The van der Waals surface area contributed by atoms with Crippen molar-refractivity contribution >= 4 is 11.8 Å². The number of carbonyl (C=O) groups excluding carboxylic acids is 2. The number of rotatable bonds is 7. The molecule has 0 radical (unpaired) electrons. The van der Waals surface area contributed by atoms with Gasteiger partial charge in [-0.25, -0.2) is 0 Å². The first-order chi connectivity index (χ1) is 16.4. The molecule has 4 aliphatic rings. The van der Waals surface area contributed by atoms with Crippen LogP contribution in [0.1, 0.15) is 44.7 Å². The minimum absolute atomic E-state index is 0.0270. The predicted octanol–water partition coefficient (Wildman–Crippen LogP) is 4.09. The maximum Gasteiger partial charge on any atom is 0.248 e. The number of amides is 2. The summed E-state index contributed by atoms with van der Waals surface area (Å²) in [5, 5.41) is 3.27. The molecule has 5 unspecified atom stereocenters. The minimum atomic E-state index is -0.788. The zero-order chi connectivity index (χ0) is 23.9. The number of hydrogen-bond donors (Lipinski definition) is 1. The van der Waals surface area contributed by atoms with Crippen molar-refractivity contribution in [3.8, 4) is 0 Å². The highest BCUT2D eigenvalue weighted by atomic mass is 16.2. The molecule has 4 fully saturated rings. The van der Waals surface area contributed by atoms with Crippen LogP contribution in [0.25, 0.3) is 0 Å². The molecule has 2 aromatic carbocycles. The van der Waals surface area contributed by atoms with Crippen LogP contribution in [0.4, 0.5) is 0 Å². The van der Waals surface area contributed by atoms with Crippen molar-refractivity contribution < 1.29 is 9.59 Å². The van der Waals surface area contributed by atoms with E-state index in [4.69, 9.17) is 0 Å². The van der Waals surface area contributed by atoms with Crippen LogP contribution in [0.5, 0.6) is 0 Å². The molecule has 1 aliphatic carbocycles. The summed E-state index contributed by atoms with van der Waals surface area (Å²) >= 11 is 0. The molecule has 6 rings (SSSR count). The minimum Gasteiger partial charge on any atom is -0.350 e. The van der Waals surface area contributed by atoms with E-state index in [9.17, 15) is 9.59 Å². The van der Waals surface area contributed by atoms with Gasteiger partial charge in [-0.1, -0.05) is 74.5 Å². The van der Waals surface area contributed by atoms with Gasteiger partial charge in [-0.3, -0.25) is 14.5 Å². The molecule has 180 valence electrons. The molecule has 3 saturated heterocycles. The van der Waals surface area contributed by atoms with E-state index >= 15 is 0 Å². The smallest absolute Gasteiger partial charge is 0.248 e. The fourth-order valence-corrected chi connectivity index (χ4v) is 7.28. The van der Waals surface area contributed by atoms with Crippen molar-refractivity contribution in [1.82, 2.24) is 15.1 Å². The Morgan fingerprint density at radius 3 is 2.26 bits per heavy atom. The van der Waals surface area contributed by atoms with Crippen molar-refractivity contribution in [3.05, 3.63) is 71.8 Å². The number of carbonyl (C=O) groups is 2. The van der Waals surface area contributed by atoms with Gasteiger partial charge in [0.1, 0.15) is 5.54 Å². The molecule has 1 N–H and O–H groups in total. The summed E-state index contributed by atoms with van der Waals surface area (Å²) in [7, 11) is 0. The van der Waals surface area contributed by atoms with E-state index in [1.807, 2.05) is 41.3 Å². The predicted molar refractivity (Wildman–Crippen MR) is 134 cm³/mol. The Labute approximate surface area is 203 Å². The average molecular weight is 460 g/mol. The monoisotopic (exact) mass is 459 g/mol. The number of hydrogen-bond acceptors (Lipinski definition) is 3. The Balaban J connectivity index is 1.53. The van der Waals surface area contributed by atoms with Gasteiger partial charge in [0.25, 0.3) is 0 Å². The van der Waals surface area contributed by atoms with Crippen molar-refractivity contribution in [1.29, 1.82) is 0 Å². The molecule has 5 nitrogen and oxygen atoms in total. The van der Waals surface area contributed by atoms with Crippen LogP contribution in [0, 0.1) is 23.7 Å². The summed E-state index contributed by atoms with van der Waals surface area (Å²) in [6.45, 7) is 9.09. The van der Waals surface area contributed by atoms with Gasteiger partial charge < -0.3 is 10.2 Å². The number of nitrogens with one attached hydrogen (secondary N) is 1. The Hall–Kier alpha value is -2.66. The van der Waals surface area contributed by atoms with Gasteiger partial charge >= 0.3 is 0 Å². The third-order valence-corrected chi connectivity index (χ3v) is 8.40. The van der Waals surface area contributed by atoms with Crippen LogP contribution in [-0.2, 0) is 22.7 Å². The summed E-state index contributed by atoms with van der Waals surface area (Å²) in [6.07, 6.45) is 2.12. The van der Waals surface area contributed by atoms with Crippen LogP contribution in [0.2, 0.25) is 0 Å². The molecule has 1 saturated carbocycles. The Bertz CT molecular complexity index is 1020. The van der Waals surface area contributed by atoms with Gasteiger partial charge in [0.15, 0.2) is 0 Å². The third-order valence-electron chi connectivity index (χ3n) is 8.40. The lowest BCUT2D eigenvalue weighted by molar-refractivity contribution is -0.173. The van der Waals surface area contributed by atoms with Crippen LogP contribution < -0.4 is 5.32 Å². The van der Waals surface area contributed by atoms with Crippen molar-refractivity contribution in [2.24, 2.45) is 23.7 Å². The molecular weight excluding hydrogens is 422 g/mol. The number of nitrogens with zero attached hydrogens (tertiary/aromatic N) is 2. The van der Waals surface area contributed by atoms with Crippen LogP contribution in [0.15, 0.2) is 60.7 Å².